The Kier molecular flexibility index (Phi) is 6.30. The van der Waals surface area contributed by atoms with Gasteiger partial charge in [-0.25, -0.2) is 9.78 Å². The number of halogens is 4. The number of piperazine rings is 1. The first kappa shape index (κ1) is 20.2. The van der Waals surface area contributed by atoms with Crippen LogP contribution < -0.4 is 15.5 Å². The molecule has 26 heavy (non-hydrogen) atoms. The van der Waals surface area contributed by atoms with Crippen LogP contribution in [0.4, 0.5) is 23.8 Å². The van der Waals surface area contributed by atoms with Crippen LogP contribution in [0.15, 0.2) is 12.3 Å². The van der Waals surface area contributed by atoms with Gasteiger partial charge in [-0.3, -0.25) is 15.0 Å². The minimum Gasteiger partial charge on any atom is -0.353 e. The summed E-state index contributed by atoms with van der Waals surface area (Å²) in [5, 5.41) is 4.45. The summed E-state index contributed by atoms with van der Waals surface area (Å²) in [6.45, 7) is 3.51. The van der Waals surface area contributed by atoms with E-state index >= 15 is 0 Å². The van der Waals surface area contributed by atoms with Crippen molar-refractivity contribution in [3.8, 4) is 0 Å². The number of alkyl halides is 3. The van der Waals surface area contributed by atoms with Gasteiger partial charge in [-0.05, 0) is 13.0 Å². The molecule has 0 aromatic carbocycles. The number of aromatic nitrogens is 1. The highest BCUT2D eigenvalue weighted by Gasteiger charge is 2.33. The molecule has 2 heterocycles. The normalized spacial score (nSPS) is 16.9. The van der Waals surface area contributed by atoms with E-state index in [1.165, 1.54) is 7.05 Å². The van der Waals surface area contributed by atoms with Crippen molar-refractivity contribution in [2.75, 3.05) is 38.1 Å². The average Bonchev–Trinajstić information content (AvgIpc) is 2.60. The first-order valence-electron chi connectivity index (χ1n) is 7.87. The molecule has 3 amide bonds. The van der Waals surface area contributed by atoms with Gasteiger partial charge in [0.15, 0.2) is 0 Å². The van der Waals surface area contributed by atoms with E-state index in [0.717, 1.165) is 12.3 Å². The van der Waals surface area contributed by atoms with Crippen molar-refractivity contribution in [2.45, 2.75) is 19.1 Å². The van der Waals surface area contributed by atoms with Crippen LogP contribution in [-0.4, -0.2) is 61.1 Å². The highest BCUT2D eigenvalue weighted by molar-refractivity contribution is 6.33. The summed E-state index contributed by atoms with van der Waals surface area (Å²) in [5.41, 5.74) is -0.899. The Balaban J connectivity index is 1.98. The van der Waals surface area contributed by atoms with E-state index in [1.807, 2.05) is 4.90 Å². The van der Waals surface area contributed by atoms with Crippen molar-refractivity contribution < 1.29 is 22.8 Å². The van der Waals surface area contributed by atoms with Crippen molar-refractivity contribution in [3.63, 3.8) is 0 Å². The van der Waals surface area contributed by atoms with E-state index in [4.69, 9.17) is 11.6 Å². The molecule has 2 N–H and O–H groups in total. The standard InChI is InChI=1S/C15H19ClF3N5O2/c1-9(13(25)22-14(26)20-2)23-3-5-24(6-4-23)12-11(16)7-10(8-21-12)15(17,18)19/h7-9H,3-6H2,1-2H3,(H2,20,22,25,26)/t9-/m0/s1. The van der Waals surface area contributed by atoms with Crippen LogP contribution in [0.25, 0.3) is 0 Å². The molecule has 0 unspecified atom stereocenters. The monoisotopic (exact) mass is 393 g/mol. The molecule has 0 radical (unpaired) electrons. The van der Waals surface area contributed by atoms with Gasteiger partial charge in [0.05, 0.1) is 16.6 Å². The molecule has 7 nitrogen and oxygen atoms in total. The van der Waals surface area contributed by atoms with Crippen LogP contribution in [0.3, 0.4) is 0 Å². The van der Waals surface area contributed by atoms with E-state index in [-0.39, 0.29) is 10.8 Å². The molecule has 1 aliphatic heterocycles. The van der Waals surface area contributed by atoms with Crippen LogP contribution in [0.2, 0.25) is 5.02 Å². The lowest BCUT2D eigenvalue weighted by Gasteiger charge is -2.38. The van der Waals surface area contributed by atoms with Crippen LogP contribution in [0.1, 0.15) is 12.5 Å². The molecule has 11 heteroatoms. The molecule has 2 rings (SSSR count). The number of nitrogens with one attached hydrogen (secondary N) is 2. The minimum atomic E-state index is -4.50. The lowest BCUT2D eigenvalue weighted by atomic mass is 10.2. The quantitative estimate of drug-likeness (QED) is 0.817. The SMILES string of the molecule is CNC(=O)NC(=O)[C@H](C)N1CCN(c2ncc(C(F)(F)F)cc2Cl)CC1. The third-order valence-corrected chi connectivity index (χ3v) is 4.43. The number of hydrogen-bond acceptors (Lipinski definition) is 5. The summed E-state index contributed by atoms with van der Waals surface area (Å²) >= 11 is 5.97. The molecular weight excluding hydrogens is 375 g/mol. The highest BCUT2D eigenvalue weighted by Crippen LogP contribution is 2.33. The minimum absolute atomic E-state index is 0.0707. The van der Waals surface area contributed by atoms with Gasteiger partial charge in [0.2, 0.25) is 5.91 Å². The zero-order valence-corrected chi connectivity index (χ0v) is 15.0. The van der Waals surface area contributed by atoms with Gasteiger partial charge in [0.1, 0.15) is 5.82 Å². The number of nitrogens with zero attached hydrogens (tertiary/aromatic N) is 3. The second kappa shape index (κ2) is 8.09. The molecule has 0 aliphatic carbocycles. The number of rotatable bonds is 3. The second-order valence-electron chi connectivity index (χ2n) is 5.79. The summed E-state index contributed by atoms with van der Waals surface area (Å²) in [7, 11) is 1.41. The Morgan fingerprint density at radius 2 is 1.88 bits per heavy atom. The number of pyridine rings is 1. The Morgan fingerprint density at radius 1 is 1.27 bits per heavy atom. The van der Waals surface area contributed by atoms with Gasteiger partial charge >= 0.3 is 12.2 Å². The van der Waals surface area contributed by atoms with Crippen molar-refractivity contribution in [3.05, 3.63) is 22.8 Å². The molecule has 1 saturated heterocycles. The van der Waals surface area contributed by atoms with E-state index in [1.54, 1.807) is 11.8 Å². The predicted molar refractivity (Wildman–Crippen MR) is 90.1 cm³/mol. The summed E-state index contributed by atoms with van der Waals surface area (Å²) in [6, 6.07) is -0.248. The van der Waals surface area contributed by atoms with Crippen molar-refractivity contribution in [1.82, 2.24) is 20.5 Å². The molecule has 0 bridgehead atoms. The number of urea groups is 1. The highest BCUT2D eigenvalue weighted by atomic mass is 35.5. The smallest absolute Gasteiger partial charge is 0.353 e. The molecule has 1 aromatic heterocycles. The van der Waals surface area contributed by atoms with Gasteiger partial charge < -0.3 is 10.2 Å². The van der Waals surface area contributed by atoms with Crippen LogP contribution in [-0.2, 0) is 11.0 Å². The third kappa shape index (κ3) is 4.76. The van der Waals surface area contributed by atoms with Crippen LogP contribution in [0.5, 0.6) is 0 Å². The summed E-state index contributed by atoms with van der Waals surface area (Å²) in [5.74, 6) is -0.148. The molecule has 144 valence electrons. The maximum Gasteiger partial charge on any atom is 0.417 e. The van der Waals surface area contributed by atoms with Gasteiger partial charge in [-0.15, -0.1) is 0 Å². The summed E-state index contributed by atoms with van der Waals surface area (Å²) < 4.78 is 38.1. The van der Waals surface area contributed by atoms with Crippen molar-refractivity contribution in [2.24, 2.45) is 0 Å². The van der Waals surface area contributed by atoms with Crippen LogP contribution >= 0.6 is 11.6 Å². The van der Waals surface area contributed by atoms with Gasteiger partial charge in [0.25, 0.3) is 0 Å². The molecule has 1 aromatic rings. The molecule has 1 atom stereocenters. The maximum absolute atomic E-state index is 12.7. The van der Waals surface area contributed by atoms with Gasteiger partial charge in [0, 0.05) is 39.4 Å². The number of hydrogen-bond donors (Lipinski definition) is 2. The Bertz CT molecular complexity index is 678. The zero-order chi connectivity index (χ0) is 19.5. The first-order chi connectivity index (χ1) is 12.1. The molecule has 0 saturated carbocycles. The first-order valence-corrected chi connectivity index (χ1v) is 8.25. The summed E-state index contributed by atoms with van der Waals surface area (Å²) in [6.07, 6.45) is -3.74. The number of imide groups is 1. The average molecular weight is 394 g/mol. The molecule has 0 spiro atoms. The Hall–Kier alpha value is -2.07. The van der Waals surface area contributed by atoms with E-state index < -0.39 is 29.7 Å². The van der Waals surface area contributed by atoms with E-state index in [0.29, 0.717) is 26.2 Å². The summed E-state index contributed by atoms with van der Waals surface area (Å²) in [4.78, 5) is 30.7. The fourth-order valence-electron chi connectivity index (χ4n) is 2.58. The molecule has 1 aliphatic rings. The Labute approximate surface area is 153 Å². The number of anilines is 1. The van der Waals surface area contributed by atoms with Gasteiger partial charge in [-0.1, -0.05) is 11.6 Å². The van der Waals surface area contributed by atoms with Crippen LogP contribution in [0, 0.1) is 0 Å². The topological polar surface area (TPSA) is 77.6 Å². The second-order valence-corrected chi connectivity index (χ2v) is 6.20. The van der Waals surface area contributed by atoms with E-state index in [9.17, 15) is 22.8 Å². The fourth-order valence-corrected chi connectivity index (χ4v) is 2.87. The third-order valence-electron chi connectivity index (χ3n) is 4.15. The largest absolute Gasteiger partial charge is 0.417 e. The lowest BCUT2D eigenvalue weighted by Crippen LogP contribution is -2.55. The maximum atomic E-state index is 12.7. The number of carbonyl (C=O) groups excluding carboxylic acids is 2. The molecular formula is C15H19ClF3N5O2. The number of carbonyl (C=O) groups is 2. The van der Waals surface area contributed by atoms with Crippen molar-refractivity contribution in [1.29, 1.82) is 0 Å². The van der Waals surface area contributed by atoms with Crippen molar-refractivity contribution >= 4 is 29.4 Å². The number of amides is 3. The zero-order valence-electron chi connectivity index (χ0n) is 14.2. The van der Waals surface area contributed by atoms with Gasteiger partial charge in [-0.2, -0.15) is 13.2 Å². The predicted octanol–water partition coefficient (Wildman–Crippen LogP) is 1.72. The Morgan fingerprint density at radius 3 is 2.38 bits per heavy atom. The van der Waals surface area contributed by atoms with E-state index in [2.05, 4.69) is 15.6 Å². The molecule has 1 fully saturated rings. The lowest BCUT2D eigenvalue weighted by molar-refractivity contribution is -0.137. The fraction of sp³-hybridized carbons (Fsp3) is 0.533.